The fourth-order valence-electron chi connectivity index (χ4n) is 4.25. The molecule has 1 unspecified atom stereocenters. The zero-order valence-electron chi connectivity index (χ0n) is 19.7. The number of amides is 1. The third kappa shape index (κ3) is 5.88. The fourth-order valence-corrected chi connectivity index (χ4v) is 4.25. The molecule has 1 aromatic heterocycles. The van der Waals surface area contributed by atoms with Crippen LogP contribution in [0.1, 0.15) is 46.1 Å². The van der Waals surface area contributed by atoms with Crippen LogP contribution in [0.15, 0.2) is 30.5 Å². The zero-order valence-corrected chi connectivity index (χ0v) is 19.7. The summed E-state index contributed by atoms with van der Waals surface area (Å²) >= 11 is 0. The second-order valence-electron chi connectivity index (χ2n) is 9.52. The molecule has 1 atom stereocenters. The van der Waals surface area contributed by atoms with Gasteiger partial charge in [0.05, 0.1) is 0 Å². The van der Waals surface area contributed by atoms with Crippen LogP contribution < -0.4 is 10.6 Å². The lowest BCUT2D eigenvalue weighted by Gasteiger charge is -2.42. The van der Waals surface area contributed by atoms with Crippen molar-refractivity contribution in [2.75, 3.05) is 26.2 Å². The molecule has 0 bridgehead atoms. The van der Waals surface area contributed by atoms with Crippen LogP contribution in [0.4, 0.5) is 0 Å². The Morgan fingerprint density at radius 2 is 1.84 bits per heavy atom. The van der Waals surface area contributed by atoms with Crippen LogP contribution in [0.2, 0.25) is 0 Å². The van der Waals surface area contributed by atoms with E-state index in [1.165, 1.54) is 0 Å². The highest BCUT2D eigenvalue weighted by atomic mass is 16.2. The summed E-state index contributed by atoms with van der Waals surface area (Å²) in [7, 11) is 0. The van der Waals surface area contributed by atoms with Crippen molar-refractivity contribution in [1.29, 1.82) is 10.8 Å². The normalized spacial score (nSPS) is 16.1. The molecule has 1 aliphatic rings. The number of rotatable bonds is 5. The van der Waals surface area contributed by atoms with Crippen LogP contribution in [0.3, 0.4) is 0 Å². The molecule has 2 heterocycles. The second kappa shape index (κ2) is 10.2. The maximum Gasteiger partial charge on any atom is 0.286 e. The van der Waals surface area contributed by atoms with Crippen LogP contribution >= 0.6 is 0 Å². The van der Waals surface area contributed by atoms with Crippen LogP contribution in [-0.4, -0.2) is 70.2 Å². The average molecular weight is 440 g/mol. The lowest BCUT2D eigenvalue weighted by atomic mass is 10.0. The van der Waals surface area contributed by atoms with Gasteiger partial charge in [-0.25, -0.2) is 0 Å². The van der Waals surface area contributed by atoms with E-state index in [2.05, 4.69) is 54.3 Å². The standard InChI is InChI=1S/C24H37N7O/c1-5-8-18(15-17-16-27-20-10-7-6-9-19(17)20)28-22(32)21(25)29-23(26)30-11-13-31(14-12-30)24(2,3)4/h6-7,9-10,16,18,27H,5,8,11-15H2,1-4H3,(H,28,32)(H3,25,26,29). The number of para-hydroxylation sites is 1. The molecule has 1 aliphatic heterocycles. The predicted octanol–water partition coefficient (Wildman–Crippen LogP) is 2.91. The van der Waals surface area contributed by atoms with Crippen LogP contribution in [0, 0.1) is 10.8 Å². The number of aromatic amines is 1. The Labute approximate surface area is 190 Å². The third-order valence-corrected chi connectivity index (χ3v) is 6.13. The van der Waals surface area contributed by atoms with Crippen LogP contribution in [0.5, 0.6) is 0 Å². The monoisotopic (exact) mass is 439 g/mol. The zero-order chi connectivity index (χ0) is 23.3. The number of nitrogens with one attached hydrogen (secondary N) is 5. The molecule has 0 saturated carbocycles. The molecule has 32 heavy (non-hydrogen) atoms. The summed E-state index contributed by atoms with van der Waals surface area (Å²) in [6.45, 7) is 11.8. The van der Waals surface area contributed by atoms with Gasteiger partial charge in [0.15, 0.2) is 11.8 Å². The van der Waals surface area contributed by atoms with E-state index in [0.717, 1.165) is 42.4 Å². The van der Waals surface area contributed by atoms with Gasteiger partial charge in [0.25, 0.3) is 5.91 Å². The number of piperazine rings is 1. The molecule has 5 N–H and O–H groups in total. The first kappa shape index (κ1) is 23.8. The number of aromatic nitrogens is 1. The highest BCUT2D eigenvalue weighted by Gasteiger charge is 2.27. The van der Waals surface area contributed by atoms with Crippen molar-refractivity contribution in [2.45, 2.75) is 58.5 Å². The number of fused-ring (bicyclic) bond motifs is 1. The van der Waals surface area contributed by atoms with Crippen LogP contribution in [0.25, 0.3) is 10.9 Å². The van der Waals surface area contributed by atoms with E-state index in [-0.39, 0.29) is 23.4 Å². The highest BCUT2D eigenvalue weighted by molar-refractivity contribution is 6.39. The van der Waals surface area contributed by atoms with Gasteiger partial charge in [-0.1, -0.05) is 31.5 Å². The fraction of sp³-hybridized carbons (Fsp3) is 0.542. The molecule has 8 heteroatoms. The van der Waals surface area contributed by atoms with E-state index < -0.39 is 5.91 Å². The average Bonchev–Trinajstić information content (AvgIpc) is 3.16. The lowest BCUT2D eigenvalue weighted by Crippen LogP contribution is -2.58. The van der Waals surface area contributed by atoms with Gasteiger partial charge in [-0.05, 0) is 45.2 Å². The maximum atomic E-state index is 12.7. The summed E-state index contributed by atoms with van der Waals surface area (Å²) in [5, 5.41) is 23.3. The Kier molecular flexibility index (Phi) is 7.56. The number of benzene rings is 1. The smallest absolute Gasteiger partial charge is 0.286 e. The number of carbonyl (C=O) groups is 1. The van der Waals surface area contributed by atoms with Crippen molar-refractivity contribution in [3.05, 3.63) is 36.0 Å². The molecule has 8 nitrogen and oxygen atoms in total. The van der Waals surface area contributed by atoms with E-state index in [0.29, 0.717) is 19.5 Å². The van der Waals surface area contributed by atoms with Gasteiger partial charge in [0, 0.05) is 54.9 Å². The quantitative estimate of drug-likeness (QED) is 0.364. The van der Waals surface area contributed by atoms with Gasteiger partial charge in [-0.15, -0.1) is 0 Å². The van der Waals surface area contributed by atoms with Gasteiger partial charge < -0.3 is 20.5 Å². The van der Waals surface area contributed by atoms with E-state index in [4.69, 9.17) is 10.8 Å². The summed E-state index contributed by atoms with van der Waals surface area (Å²) in [5.74, 6) is -0.642. The molecule has 1 amide bonds. The summed E-state index contributed by atoms with van der Waals surface area (Å²) < 4.78 is 0. The number of guanidine groups is 1. The number of hydrogen-bond donors (Lipinski definition) is 5. The van der Waals surface area contributed by atoms with Crippen molar-refractivity contribution in [3.8, 4) is 0 Å². The van der Waals surface area contributed by atoms with Crippen molar-refractivity contribution in [2.24, 2.45) is 0 Å². The number of carbonyl (C=O) groups excluding carboxylic acids is 1. The molecule has 3 rings (SSSR count). The Bertz CT molecular complexity index is 951. The topological polar surface area (TPSA) is 111 Å². The minimum atomic E-state index is -0.471. The van der Waals surface area contributed by atoms with E-state index in [9.17, 15) is 4.79 Å². The highest BCUT2D eigenvalue weighted by Crippen LogP contribution is 2.20. The van der Waals surface area contributed by atoms with E-state index >= 15 is 0 Å². The van der Waals surface area contributed by atoms with E-state index in [1.54, 1.807) is 0 Å². The first-order valence-corrected chi connectivity index (χ1v) is 11.5. The Morgan fingerprint density at radius 1 is 1.16 bits per heavy atom. The maximum absolute atomic E-state index is 12.7. The number of nitrogens with zero attached hydrogens (tertiary/aromatic N) is 2. The van der Waals surface area contributed by atoms with E-state index in [1.807, 2.05) is 29.3 Å². The van der Waals surface area contributed by atoms with Gasteiger partial charge >= 0.3 is 0 Å². The van der Waals surface area contributed by atoms with Crippen molar-refractivity contribution < 1.29 is 4.79 Å². The van der Waals surface area contributed by atoms with Gasteiger partial charge in [0.2, 0.25) is 0 Å². The Hall–Kier alpha value is -2.87. The van der Waals surface area contributed by atoms with Gasteiger partial charge in [0.1, 0.15) is 0 Å². The molecule has 1 fully saturated rings. The first-order valence-electron chi connectivity index (χ1n) is 11.5. The van der Waals surface area contributed by atoms with Crippen molar-refractivity contribution in [1.82, 2.24) is 25.4 Å². The molecule has 2 aromatic rings. The minimum Gasteiger partial charge on any atom is -0.361 e. The largest absolute Gasteiger partial charge is 0.361 e. The van der Waals surface area contributed by atoms with Gasteiger partial charge in [-0.2, -0.15) is 0 Å². The number of amidine groups is 1. The molecule has 0 radical (unpaired) electrons. The van der Waals surface area contributed by atoms with Gasteiger partial charge in [-0.3, -0.25) is 20.5 Å². The third-order valence-electron chi connectivity index (χ3n) is 6.13. The minimum absolute atomic E-state index is 0.0710. The van der Waals surface area contributed by atoms with Crippen molar-refractivity contribution >= 4 is 28.6 Å². The summed E-state index contributed by atoms with van der Waals surface area (Å²) in [6.07, 6.45) is 4.45. The molecular weight excluding hydrogens is 402 g/mol. The summed E-state index contributed by atoms with van der Waals surface area (Å²) in [5.41, 5.74) is 2.34. The molecular formula is C24H37N7O. The number of hydrogen-bond acceptors (Lipinski definition) is 4. The first-order chi connectivity index (χ1) is 15.2. The molecule has 0 aliphatic carbocycles. The lowest BCUT2D eigenvalue weighted by molar-refractivity contribution is -0.115. The molecule has 0 spiro atoms. The van der Waals surface area contributed by atoms with Crippen molar-refractivity contribution in [3.63, 3.8) is 0 Å². The summed E-state index contributed by atoms with van der Waals surface area (Å²) in [4.78, 5) is 20.2. The number of H-pyrrole nitrogens is 1. The molecule has 1 saturated heterocycles. The molecule has 174 valence electrons. The predicted molar refractivity (Wildman–Crippen MR) is 130 cm³/mol. The second-order valence-corrected chi connectivity index (χ2v) is 9.52. The molecule has 1 aromatic carbocycles. The Morgan fingerprint density at radius 3 is 2.50 bits per heavy atom. The Balaban J connectivity index is 1.53. The summed E-state index contributed by atoms with van der Waals surface area (Å²) in [6, 6.07) is 8.06. The SMILES string of the molecule is CCCC(Cc1c[nH]c2ccccc12)NC(=O)C(=N)NC(=N)N1CCN(C(C)(C)C)CC1. The van der Waals surface area contributed by atoms with Crippen LogP contribution in [-0.2, 0) is 11.2 Å².